The first kappa shape index (κ1) is 20.8. The highest BCUT2D eigenvalue weighted by Crippen LogP contribution is 2.14. The first-order chi connectivity index (χ1) is 11.7. The molecule has 0 saturated heterocycles. The van der Waals surface area contributed by atoms with Gasteiger partial charge in [-0.15, -0.1) is 0 Å². The zero-order valence-electron chi connectivity index (χ0n) is 13.4. The van der Waals surface area contributed by atoms with Crippen molar-refractivity contribution >= 4 is 55.4 Å². The first-order valence-electron chi connectivity index (χ1n) is 7.75. The van der Waals surface area contributed by atoms with Crippen LogP contribution >= 0.6 is 31.9 Å². The minimum Gasteiger partial charge on any atom is -0.449 e. The summed E-state index contributed by atoms with van der Waals surface area (Å²) in [7, 11) is 0. The maximum absolute atomic E-state index is 11.6. The summed E-state index contributed by atoms with van der Waals surface area (Å²) in [6.07, 6.45) is 2.58. The SMILES string of the molecule is O=C(Nc1ccc(NC(=O)OCCCCBr)cc1)OCCCCBr. The van der Waals surface area contributed by atoms with E-state index in [1.807, 2.05) is 0 Å². The lowest BCUT2D eigenvalue weighted by atomic mass is 10.3. The van der Waals surface area contributed by atoms with Crippen LogP contribution in [0.25, 0.3) is 0 Å². The molecule has 0 spiro atoms. The predicted molar refractivity (Wildman–Crippen MR) is 102 cm³/mol. The molecule has 24 heavy (non-hydrogen) atoms. The molecule has 0 aliphatic carbocycles. The minimum absolute atomic E-state index is 0.387. The maximum atomic E-state index is 11.6. The van der Waals surface area contributed by atoms with Gasteiger partial charge in [0.1, 0.15) is 0 Å². The number of alkyl halides is 2. The summed E-state index contributed by atoms with van der Waals surface area (Å²) >= 11 is 6.64. The fourth-order valence-corrected chi connectivity index (χ4v) is 2.46. The van der Waals surface area contributed by atoms with E-state index >= 15 is 0 Å². The van der Waals surface area contributed by atoms with Gasteiger partial charge in [-0.3, -0.25) is 10.6 Å². The lowest BCUT2D eigenvalue weighted by molar-refractivity contribution is 0.159. The van der Waals surface area contributed by atoms with Crippen molar-refractivity contribution in [3.8, 4) is 0 Å². The van der Waals surface area contributed by atoms with Crippen molar-refractivity contribution in [3.63, 3.8) is 0 Å². The Bertz CT molecular complexity index is 452. The van der Waals surface area contributed by atoms with Crippen molar-refractivity contribution in [2.24, 2.45) is 0 Å². The Hall–Kier alpha value is -1.28. The summed E-state index contributed by atoms with van der Waals surface area (Å²) in [6.45, 7) is 0.774. The van der Waals surface area contributed by atoms with Gasteiger partial charge in [0.15, 0.2) is 0 Å². The van der Waals surface area contributed by atoms with Crippen LogP contribution in [0.4, 0.5) is 21.0 Å². The Morgan fingerprint density at radius 2 is 1.12 bits per heavy atom. The van der Waals surface area contributed by atoms with Gasteiger partial charge >= 0.3 is 12.2 Å². The van der Waals surface area contributed by atoms with E-state index in [4.69, 9.17) is 9.47 Å². The third-order valence-corrected chi connectivity index (χ3v) is 4.02. The van der Waals surface area contributed by atoms with Crippen LogP contribution < -0.4 is 10.6 Å². The van der Waals surface area contributed by atoms with Crippen LogP contribution in [-0.2, 0) is 9.47 Å². The minimum atomic E-state index is -0.489. The normalized spacial score (nSPS) is 10.1. The van der Waals surface area contributed by atoms with Crippen LogP contribution in [0.3, 0.4) is 0 Å². The molecule has 0 bridgehead atoms. The standard InChI is InChI=1S/C16H22Br2N2O4/c17-9-1-3-11-23-15(21)19-13-5-7-14(8-6-13)20-16(22)24-12-4-2-10-18/h5-8H,1-4,9-12H2,(H,19,21)(H,20,22). The van der Waals surface area contributed by atoms with Crippen molar-refractivity contribution in [1.82, 2.24) is 0 Å². The molecule has 2 N–H and O–H groups in total. The second-order valence-corrected chi connectivity index (χ2v) is 6.48. The number of halogens is 2. The lowest BCUT2D eigenvalue weighted by Crippen LogP contribution is -2.15. The molecule has 0 aromatic heterocycles. The summed E-state index contributed by atoms with van der Waals surface area (Å²) in [5.41, 5.74) is 1.19. The first-order valence-corrected chi connectivity index (χ1v) is 9.99. The van der Waals surface area contributed by atoms with E-state index in [9.17, 15) is 9.59 Å². The summed E-state index contributed by atoms with van der Waals surface area (Å²) in [5.74, 6) is 0. The van der Waals surface area contributed by atoms with E-state index in [0.717, 1.165) is 36.3 Å². The van der Waals surface area contributed by atoms with Crippen molar-refractivity contribution in [2.45, 2.75) is 25.7 Å². The van der Waals surface area contributed by atoms with E-state index < -0.39 is 12.2 Å². The van der Waals surface area contributed by atoms with Gasteiger partial charge in [0.05, 0.1) is 13.2 Å². The van der Waals surface area contributed by atoms with Crippen LogP contribution in [0.2, 0.25) is 0 Å². The van der Waals surface area contributed by atoms with E-state index in [-0.39, 0.29) is 0 Å². The molecule has 2 amide bonds. The molecule has 0 saturated carbocycles. The van der Waals surface area contributed by atoms with Crippen molar-refractivity contribution in [2.75, 3.05) is 34.5 Å². The molecule has 0 fully saturated rings. The Morgan fingerprint density at radius 3 is 1.46 bits per heavy atom. The average Bonchev–Trinajstić information content (AvgIpc) is 2.57. The van der Waals surface area contributed by atoms with Crippen molar-refractivity contribution in [3.05, 3.63) is 24.3 Å². The lowest BCUT2D eigenvalue weighted by Gasteiger charge is -2.09. The maximum Gasteiger partial charge on any atom is 0.411 e. The van der Waals surface area contributed by atoms with Crippen LogP contribution in [0.15, 0.2) is 24.3 Å². The van der Waals surface area contributed by atoms with E-state index in [1.54, 1.807) is 24.3 Å². The summed E-state index contributed by atoms with van der Waals surface area (Å²) in [4.78, 5) is 23.1. The number of amides is 2. The van der Waals surface area contributed by atoms with Gasteiger partial charge < -0.3 is 9.47 Å². The molecule has 0 aliphatic heterocycles. The summed E-state index contributed by atoms with van der Waals surface area (Å²) < 4.78 is 10.1. The number of carbonyl (C=O) groups excluding carboxylic acids is 2. The molecule has 0 atom stereocenters. The number of hydrogen-bond acceptors (Lipinski definition) is 4. The zero-order valence-corrected chi connectivity index (χ0v) is 16.5. The number of unbranched alkanes of at least 4 members (excludes halogenated alkanes) is 2. The Kier molecular flexibility index (Phi) is 11.3. The number of carbonyl (C=O) groups is 2. The van der Waals surface area contributed by atoms with Crippen LogP contribution in [0, 0.1) is 0 Å². The Balaban J connectivity index is 2.29. The molecule has 0 aliphatic rings. The number of hydrogen-bond donors (Lipinski definition) is 2. The molecule has 0 heterocycles. The van der Waals surface area contributed by atoms with Gasteiger partial charge in [-0.2, -0.15) is 0 Å². The van der Waals surface area contributed by atoms with E-state index in [2.05, 4.69) is 42.5 Å². The van der Waals surface area contributed by atoms with E-state index in [0.29, 0.717) is 24.6 Å². The van der Waals surface area contributed by atoms with E-state index in [1.165, 1.54) is 0 Å². The number of rotatable bonds is 10. The smallest absolute Gasteiger partial charge is 0.411 e. The van der Waals surface area contributed by atoms with Crippen LogP contribution in [-0.4, -0.2) is 36.1 Å². The van der Waals surface area contributed by atoms with Crippen LogP contribution in [0.5, 0.6) is 0 Å². The average molecular weight is 466 g/mol. The van der Waals surface area contributed by atoms with Crippen molar-refractivity contribution < 1.29 is 19.1 Å². The van der Waals surface area contributed by atoms with Gasteiger partial charge in [-0.25, -0.2) is 9.59 Å². The Morgan fingerprint density at radius 1 is 0.750 bits per heavy atom. The molecule has 1 rings (SSSR count). The monoisotopic (exact) mass is 464 g/mol. The fraction of sp³-hybridized carbons (Fsp3) is 0.500. The van der Waals surface area contributed by atoms with Gasteiger partial charge in [-0.05, 0) is 49.9 Å². The fourth-order valence-electron chi connectivity index (χ4n) is 1.67. The molecule has 0 radical (unpaired) electrons. The molecule has 6 nitrogen and oxygen atoms in total. The van der Waals surface area contributed by atoms with Crippen LogP contribution in [0.1, 0.15) is 25.7 Å². The summed E-state index contributed by atoms with van der Waals surface area (Å²) in [6, 6.07) is 6.72. The predicted octanol–water partition coefficient (Wildman–Crippen LogP) is 5.13. The van der Waals surface area contributed by atoms with Crippen molar-refractivity contribution in [1.29, 1.82) is 0 Å². The molecule has 8 heteroatoms. The molecule has 134 valence electrons. The molecular weight excluding hydrogens is 444 g/mol. The molecule has 1 aromatic carbocycles. The Labute approximate surface area is 158 Å². The number of anilines is 2. The quantitative estimate of drug-likeness (QED) is 0.370. The largest absolute Gasteiger partial charge is 0.449 e. The number of benzene rings is 1. The highest BCUT2D eigenvalue weighted by Gasteiger charge is 2.05. The summed E-state index contributed by atoms with van der Waals surface area (Å²) in [5, 5.41) is 7.04. The number of nitrogens with one attached hydrogen (secondary N) is 2. The third-order valence-electron chi connectivity index (χ3n) is 2.90. The third kappa shape index (κ3) is 9.77. The highest BCUT2D eigenvalue weighted by molar-refractivity contribution is 9.09. The second kappa shape index (κ2) is 13.1. The molecule has 0 unspecified atom stereocenters. The molecular formula is C16H22Br2N2O4. The van der Waals surface area contributed by atoms with Gasteiger partial charge in [-0.1, -0.05) is 31.9 Å². The molecule has 1 aromatic rings. The van der Waals surface area contributed by atoms with Gasteiger partial charge in [0, 0.05) is 22.0 Å². The topological polar surface area (TPSA) is 76.7 Å². The number of ether oxygens (including phenoxy) is 2. The highest BCUT2D eigenvalue weighted by atomic mass is 79.9. The second-order valence-electron chi connectivity index (χ2n) is 4.89. The van der Waals surface area contributed by atoms with Gasteiger partial charge in [0.25, 0.3) is 0 Å². The zero-order chi connectivity index (χ0) is 17.6. The van der Waals surface area contributed by atoms with Gasteiger partial charge in [0.2, 0.25) is 0 Å².